The zero-order valence-electron chi connectivity index (χ0n) is 5.20. The van der Waals surface area contributed by atoms with Gasteiger partial charge in [-0.05, 0) is 0 Å². The van der Waals surface area contributed by atoms with E-state index in [9.17, 15) is 5.11 Å². The van der Waals surface area contributed by atoms with Crippen LogP contribution in [0.1, 0.15) is 5.56 Å². The van der Waals surface area contributed by atoms with Gasteiger partial charge in [-0.1, -0.05) is 36.5 Å². The van der Waals surface area contributed by atoms with Crippen molar-refractivity contribution in [2.45, 2.75) is 0 Å². The summed E-state index contributed by atoms with van der Waals surface area (Å²) in [5.41, 5.74) is 6.02. The molecule has 0 aliphatic heterocycles. The Hall–Kier alpha value is -1.09. The molecule has 1 rings (SSSR count). The molecule has 0 saturated heterocycles. The summed E-state index contributed by atoms with van der Waals surface area (Å²) in [7, 11) is 0. The van der Waals surface area contributed by atoms with Gasteiger partial charge < -0.3 is 10.8 Å². The van der Waals surface area contributed by atoms with E-state index < -0.39 is 0 Å². The molecule has 0 spiro atoms. The van der Waals surface area contributed by atoms with Crippen molar-refractivity contribution >= 4 is 17.2 Å². The molecule has 3 heteroatoms. The van der Waals surface area contributed by atoms with Crippen LogP contribution in [0.5, 0.6) is 5.75 Å². The summed E-state index contributed by atoms with van der Waals surface area (Å²) in [6.07, 6.45) is 0. The lowest BCUT2D eigenvalue weighted by molar-refractivity contribution is -0.268. The average Bonchev–Trinajstić information content (AvgIpc) is 1.88. The number of hydrogen-bond donors (Lipinski definition) is 1. The van der Waals surface area contributed by atoms with E-state index in [-0.39, 0.29) is 5.75 Å². The van der Waals surface area contributed by atoms with Crippen LogP contribution in [0.2, 0.25) is 0 Å². The largest absolute Gasteiger partial charge is 0.872 e. The van der Waals surface area contributed by atoms with Gasteiger partial charge in [0.2, 0.25) is 0 Å². The quantitative estimate of drug-likeness (QED) is 0.592. The van der Waals surface area contributed by atoms with Crippen molar-refractivity contribution in [1.82, 2.24) is 0 Å². The predicted molar refractivity (Wildman–Crippen MR) is 41.8 cm³/mol. The minimum Gasteiger partial charge on any atom is -0.872 e. The van der Waals surface area contributed by atoms with Crippen LogP contribution in [0.25, 0.3) is 0 Å². The summed E-state index contributed by atoms with van der Waals surface area (Å²) in [4.78, 5) is 0.319. The second kappa shape index (κ2) is 2.66. The molecule has 0 fully saturated rings. The third kappa shape index (κ3) is 1.45. The Morgan fingerprint density at radius 1 is 1.30 bits per heavy atom. The molecular formula is C7H6NOS-. The van der Waals surface area contributed by atoms with E-state index in [1.54, 1.807) is 12.1 Å². The summed E-state index contributed by atoms with van der Waals surface area (Å²) < 4.78 is 0. The molecule has 0 heterocycles. The highest BCUT2D eigenvalue weighted by Crippen LogP contribution is 2.05. The second-order valence-corrected chi connectivity index (χ2v) is 2.33. The molecule has 0 aliphatic carbocycles. The van der Waals surface area contributed by atoms with Crippen molar-refractivity contribution in [3.8, 4) is 5.75 Å². The molecule has 0 amide bonds. The first-order valence-corrected chi connectivity index (χ1v) is 3.18. The summed E-state index contributed by atoms with van der Waals surface area (Å²) in [6, 6.07) is 6.11. The Balaban J connectivity index is 3.00. The Kier molecular flexibility index (Phi) is 1.87. The minimum absolute atomic E-state index is 0.0278. The molecule has 0 radical (unpaired) electrons. The number of benzene rings is 1. The maximum atomic E-state index is 10.6. The Labute approximate surface area is 64.3 Å². The van der Waals surface area contributed by atoms with Gasteiger partial charge in [0, 0.05) is 5.56 Å². The molecular weight excluding hydrogens is 146 g/mol. The van der Waals surface area contributed by atoms with Gasteiger partial charge in [0.15, 0.2) is 0 Å². The van der Waals surface area contributed by atoms with Crippen LogP contribution in [0.15, 0.2) is 24.3 Å². The second-order valence-electron chi connectivity index (χ2n) is 1.89. The first-order valence-electron chi connectivity index (χ1n) is 2.77. The van der Waals surface area contributed by atoms with E-state index in [0.717, 1.165) is 5.56 Å². The van der Waals surface area contributed by atoms with Gasteiger partial charge in [-0.2, -0.15) is 0 Å². The van der Waals surface area contributed by atoms with E-state index in [1.165, 1.54) is 12.1 Å². The molecule has 0 aromatic heterocycles. The van der Waals surface area contributed by atoms with E-state index in [4.69, 9.17) is 5.73 Å². The molecule has 52 valence electrons. The van der Waals surface area contributed by atoms with E-state index >= 15 is 0 Å². The number of rotatable bonds is 1. The lowest BCUT2D eigenvalue weighted by atomic mass is 10.2. The molecule has 0 unspecified atom stereocenters. The zero-order valence-corrected chi connectivity index (χ0v) is 6.02. The molecule has 0 saturated carbocycles. The highest BCUT2D eigenvalue weighted by molar-refractivity contribution is 7.80. The third-order valence-corrected chi connectivity index (χ3v) is 1.37. The monoisotopic (exact) mass is 152 g/mol. The standard InChI is InChI=1S/C7H7NOS/c8-7(10)5-1-3-6(9)4-2-5/h1-4,9H,(H2,8,10)/p-1. The van der Waals surface area contributed by atoms with Crippen molar-refractivity contribution in [2.24, 2.45) is 5.73 Å². The Morgan fingerprint density at radius 3 is 2.20 bits per heavy atom. The molecule has 1 aromatic rings. The first-order chi connectivity index (χ1) is 4.70. The molecule has 2 N–H and O–H groups in total. The maximum absolute atomic E-state index is 10.6. The summed E-state index contributed by atoms with van der Waals surface area (Å²) >= 11 is 4.68. The fraction of sp³-hybridized carbons (Fsp3) is 0. The topological polar surface area (TPSA) is 49.1 Å². The van der Waals surface area contributed by atoms with Crippen LogP contribution in [0.3, 0.4) is 0 Å². The van der Waals surface area contributed by atoms with Gasteiger partial charge in [0.1, 0.15) is 4.99 Å². The van der Waals surface area contributed by atoms with E-state index in [0.29, 0.717) is 4.99 Å². The smallest absolute Gasteiger partial charge is 0.103 e. The lowest BCUT2D eigenvalue weighted by Gasteiger charge is -2.04. The Bertz CT molecular complexity index is 242. The van der Waals surface area contributed by atoms with Crippen molar-refractivity contribution in [3.63, 3.8) is 0 Å². The molecule has 2 nitrogen and oxygen atoms in total. The average molecular weight is 152 g/mol. The SMILES string of the molecule is NC(=S)c1ccc([O-])cc1. The summed E-state index contributed by atoms with van der Waals surface area (Å²) in [5, 5.41) is 10.6. The van der Waals surface area contributed by atoms with E-state index in [1.807, 2.05) is 0 Å². The maximum Gasteiger partial charge on any atom is 0.103 e. The number of hydrogen-bond acceptors (Lipinski definition) is 2. The molecule has 0 aliphatic rings. The van der Waals surface area contributed by atoms with Crippen LogP contribution in [0, 0.1) is 0 Å². The number of thiocarbonyl (C=S) groups is 1. The van der Waals surface area contributed by atoms with Gasteiger partial charge in [-0.25, -0.2) is 0 Å². The highest BCUT2D eigenvalue weighted by Gasteiger charge is 1.90. The normalized spacial score (nSPS) is 9.20. The molecule has 0 bridgehead atoms. The predicted octanol–water partition coefficient (Wildman–Crippen LogP) is 0.394. The van der Waals surface area contributed by atoms with Gasteiger partial charge in [-0.15, -0.1) is 5.75 Å². The van der Waals surface area contributed by atoms with E-state index in [2.05, 4.69) is 12.2 Å². The van der Waals surface area contributed by atoms with Gasteiger partial charge >= 0.3 is 0 Å². The van der Waals surface area contributed by atoms with Crippen LogP contribution in [-0.4, -0.2) is 4.99 Å². The van der Waals surface area contributed by atoms with Crippen molar-refractivity contribution in [2.75, 3.05) is 0 Å². The minimum atomic E-state index is -0.0278. The molecule has 1 aromatic carbocycles. The van der Waals surface area contributed by atoms with Crippen molar-refractivity contribution in [1.29, 1.82) is 0 Å². The van der Waals surface area contributed by atoms with Crippen molar-refractivity contribution in [3.05, 3.63) is 29.8 Å². The van der Waals surface area contributed by atoms with Gasteiger partial charge in [0.25, 0.3) is 0 Å². The van der Waals surface area contributed by atoms with Crippen LogP contribution >= 0.6 is 12.2 Å². The number of nitrogens with two attached hydrogens (primary N) is 1. The molecule has 0 atom stereocenters. The summed E-state index contributed by atoms with van der Waals surface area (Å²) in [5.74, 6) is -0.0278. The zero-order chi connectivity index (χ0) is 7.56. The highest BCUT2D eigenvalue weighted by atomic mass is 32.1. The van der Waals surface area contributed by atoms with Crippen LogP contribution < -0.4 is 10.8 Å². The van der Waals surface area contributed by atoms with Crippen molar-refractivity contribution < 1.29 is 5.11 Å². The third-order valence-electron chi connectivity index (χ3n) is 1.14. The van der Waals surface area contributed by atoms with Crippen LogP contribution in [-0.2, 0) is 0 Å². The van der Waals surface area contributed by atoms with Gasteiger partial charge in [0.05, 0.1) is 0 Å². The Morgan fingerprint density at radius 2 is 1.80 bits per heavy atom. The van der Waals surface area contributed by atoms with Gasteiger partial charge in [-0.3, -0.25) is 0 Å². The van der Waals surface area contributed by atoms with Crippen LogP contribution in [0.4, 0.5) is 0 Å². The summed E-state index contributed by atoms with van der Waals surface area (Å²) in [6.45, 7) is 0. The molecule has 10 heavy (non-hydrogen) atoms. The fourth-order valence-electron chi connectivity index (χ4n) is 0.619. The first kappa shape index (κ1) is 7.02. The lowest BCUT2D eigenvalue weighted by Crippen LogP contribution is -2.08. The fourth-order valence-corrected chi connectivity index (χ4v) is 0.755.